The van der Waals surface area contributed by atoms with Crippen LogP contribution in [0.2, 0.25) is 0 Å². The highest BCUT2D eigenvalue weighted by Gasteiger charge is 2.08. The summed E-state index contributed by atoms with van der Waals surface area (Å²) in [6.45, 7) is 5.22. The summed E-state index contributed by atoms with van der Waals surface area (Å²) in [4.78, 5) is 4.56. The van der Waals surface area contributed by atoms with Gasteiger partial charge in [-0.05, 0) is 31.4 Å². The molecule has 1 aromatic carbocycles. The van der Waals surface area contributed by atoms with E-state index in [2.05, 4.69) is 41.5 Å². The standard InChI is InChI=1S/C16H21ClN2/c1-3-13(8-9-17)11-18-16-10-12(2)19-15-7-5-4-6-14(15)16/h4-7,10,13H,3,8-9,11H2,1-2H3,(H,18,19). The number of fused-ring (bicyclic) bond motifs is 1. The first-order valence-electron chi connectivity index (χ1n) is 6.90. The molecule has 0 radical (unpaired) electrons. The lowest BCUT2D eigenvalue weighted by atomic mass is 10.0. The van der Waals surface area contributed by atoms with Gasteiger partial charge >= 0.3 is 0 Å². The van der Waals surface area contributed by atoms with Crippen LogP contribution in [0, 0.1) is 12.8 Å². The van der Waals surface area contributed by atoms with Gasteiger partial charge in [-0.25, -0.2) is 0 Å². The molecule has 19 heavy (non-hydrogen) atoms. The molecule has 0 saturated carbocycles. The number of pyridine rings is 1. The number of hydrogen-bond donors (Lipinski definition) is 1. The molecule has 0 aliphatic rings. The highest BCUT2D eigenvalue weighted by Crippen LogP contribution is 2.23. The van der Waals surface area contributed by atoms with Gasteiger partial charge in [0.15, 0.2) is 0 Å². The fourth-order valence-electron chi connectivity index (χ4n) is 2.31. The molecule has 102 valence electrons. The predicted octanol–water partition coefficient (Wildman–Crippen LogP) is 4.61. The number of anilines is 1. The van der Waals surface area contributed by atoms with Crippen LogP contribution in [0.25, 0.3) is 10.9 Å². The normalized spacial score (nSPS) is 12.6. The quantitative estimate of drug-likeness (QED) is 0.780. The lowest BCUT2D eigenvalue weighted by molar-refractivity contribution is 0.522. The maximum atomic E-state index is 5.84. The Labute approximate surface area is 120 Å². The lowest BCUT2D eigenvalue weighted by Gasteiger charge is -2.16. The van der Waals surface area contributed by atoms with Crippen LogP contribution in [0.15, 0.2) is 30.3 Å². The first-order valence-corrected chi connectivity index (χ1v) is 7.44. The predicted molar refractivity (Wildman–Crippen MR) is 84.1 cm³/mol. The average Bonchev–Trinajstić information content (AvgIpc) is 2.43. The van der Waals surface area contributed by atoms with Gasteiger partial charge in [0.1, 0.15) is 0 Å². The third kappa shape index (κ3) is 3.60. The second-order valence-electron chi connectivity index (χ2n) is 4.96. The molecule has 0 saturated heterocycles. The van der Waals surface area contributed by atoms with E-state index in [0.717, 1.165) is 36.5 Å². The zero-order chi connectivity index (χ0) is 13.7. The number of nitrogens with one attached hydrogen (secondary N) is 1. The van der Waals surface area contributed by atoms with E-state index in [0.29, 0.717) is 5.92 Å². The van der Waals surface area contributed by atoms with Gasteiger partial charge in [0.25, 0.3) is 0 Å². The minimum Gasteiger partial charge on any atom is -0.384 e. The lowest BCUT2D eigenvalue weighted by Crippen LogP contribution is -2.14. The van der Waals surface area contributed by atoms with Gasteiger partial charge in [0.05, 0.1) is 5.52 Å². The second-order valence-corrected chi connectivity index (χ2v) is 5.34. The molecule has 2 aromatic rings. The summed E-state index contributed by atoms with van der Waals surface area (Å²) in [5.74, 6) is 1.36. The summed E-state index contributed by atoms with van der Waals surface area (Å²) >= 11 is 5.84. The van der Waals surface area contributed by atoms with Crippen molar-refractivity contribution >= 4 is 28.2 Å². The van der Waals surface area contributed by atoms with Crippen LogP contribution in [-0.4, -0.2) is 17.4 Å². The van der Waals surface area contributed by atoms with Gasteiger partial charge in [-0.15, -0.1) is 11.6 Å². The molecule has 0 fully saturated rings. The molecule has 2 nitrogen and oxygen atoms in total. The number of halogens is 1. The summed E-state index contributed by atoms with van der Waals surface area (Å²) in [6.07, 6.45) is 2.22. The van der Waals surface area contributed by atoms with E-state index in [9.17, 15) is 0 Å². The van der Waals surface area contributed by atoms with Gasteiger partial charge in [-0.3, -0.25) is 4.98 Å². The number of para-hydroxylation sites is 1. The number of benzene rings is 1. The molecule has 1 aromatic heterocycles. The van der Waals surface area contributed by atoms with E-state index in [4.69, 9.17) is 11.6 Å². The molecule has 1 unspecified atom stereocenters. The van der Waals surface area contributed by atoms with E-state index in [1.807, 2.05) is 13.0 Å². The average molecular weight is 277 g/mol. The van der Waals surface area contributed by atoms with Crippen LogP contribution in [0.3, 0.4) is 0 Å². The minimum absolute atomic E-state index is 0.629. The number of aromatic nitrogens is 1. The van der Waals surface area contributed by atoms with Crippen molar-refractivity contribution in [3.05, 3.63) is 36.0 Å². The Hall–Kier alpha value is -1.28. The van der Waals surface area contributed by atoms with E-state index in [1.165, 1.54) is 11.1 Å². The number of hydrogen-bond acceptors (Lipinski definition) is 2. The van der Waals surface area contributed by atoms with Crippen molar-refractivity contribution in [3.8, 4) is 0 Å². The van der Waals surface area contributed by atoms with Crippen LogP contribution in [0.4, 0.5) is 5.69 Å². The Morgan fingerprint density at radius 2 is 2.11 bits per heavy atom. The Morgan fingerprint density at radius 1 is 1.32 bits per heavy atom. The highest BCUT2D eigenvalue weighted by atomic mass is 35.5. The molecule has 1 N–H and O–H groups in total. The summed E-state index contributed by atoms with van der Waals surface area (Å²) in [5.41, 5.74) is 3.28. The van der Waals surface area contributed by atoms with Crippen molar-refractivity contribution in [2.75, 3.05) is 17.7 Å². The van der Waals surface area contributed by atoms with Crippen molar-refractivity contribution in [2.45, 2.75) is 26.7 Å². The number of rotatable bonds is 6. The van der Waals surface area contributed by atoms with Crippen molar-refractivity contribution in [2.24, 2.45) is 5.92 Å². The fourth-order valence-corrected chi connectivity index (χ4v) is 2.62. The van der Waals surface area contributed by atoms with Crippen LogP contribution in [0.1, 0.15) is 25.5 Å². The van der Waals surface area contributed by atoms with E-state index >= 15 is 0 Å². The molecule has 0 bridgehead atoms. The molecule has 0 aliphatic carbocycles. The summed E-state index contributed by atoms with van der Waals surface area (Å²) < 4.78 is 0. The number of nitrogens with zero attached hydrogens (tertiary/aromatic N) is 1. The Balaban J connectivity index is 2.20. The first kappa shape index (κ1) is 14.1. The molecule has 1 atom stereocenters. The van der Waals surface area contributed by atoms with Crippen molar-refractivity contribution in [3.63, 3.8) is 0 Å². The van der Waals surface area contributed by atoms with Crippen molar-refractivity contribution in [1.82, 2.24) is 4.98 Å². The molecule has 1 heterocycles. The number of aryl methyl sites for hydroxylation is 1. The van der Waals surface area contributed by atoms with Crippen LogP contribution in [-0.2, 0) is 0 Å². The Bertz CT molecular complexity index is 539. The van der Waals surface area contributed by atoms with E-state index in [1.54, 1.807) is 0 Å². The van der Waals surface area contributed by atoms with Crippen molar-refractivity contribution < 1.29 is 0 Å². The summed E-state index contributed by atoms with van der Waals surface area (Å²) in [6, 6.07) is 10.4. The van der Waals surface area contributed by atoms with Gasteiger partial charge in [0.2, 0.25) is 0 Å². The molecule has 3 heteroatoms. The second kappa shape index (κ2) is 6.76. The van der Waals surface area contributed by atoms with Crippen molar-refractivity contribution in [1.29, 1.82) is 0 Å². The molecule has 0 amide bonds. The first-order chi connectivity index (χ1) is 9.24. The molecule has 2 rings (SSSR count). The van der Waals surface area contributed by atoms with Gasteiger partial charge in [-0.1, -0.05) is 31.5 Å². The Morgan fingerprint density at radius 3 is 2.84 bits per heavy atom. The maximum Gasteiger partial charge on any atom is 0.0725 e. The molecule has 0 aliphatic heterocycles. The zero-order valence-corrected chi connectivity index (χ0v) is 12.4. The number of alkyl halides is 1. The molecular weight excluding hydrogens is 256 g/mol. The molecule has 0 spiro atoms. The minimum atomic E-state index is 0.629. The third-order valence-electron chi connectivity index (χ3n) is 3.52. The highest BCUT2D eigenvalue weighted by molar-refractivity contribution is 6.17. The Kier molecular flexibility index (Phi) is 5.03. The largest absolute Gasteiger partial charge is 0.384 e. The van der Waals surface area contributed by atoms with Crippen LogP contribution < -0.4 is 5.32 Å². The molecular formula is C16H21ClN2. The van der Waals surface area contributed by atoms with Crippen LogP contribution in [0.5, 0.6) is 0 Å². The fraction of sp³-hybridized carbons (Fsp3) is 0.438. The monoisotopic (exact) mass is 276 g/mol. The third-order valence-corrected chi connectivity index (χ3v) is 3.74. The van der Waals surface area contributed by atoms with Gasteiger partial charge in [0, 0.05) is 29.2 Å². The smallest absolute Gasteiger partial charge is 0.0725 e. The van der Waals surface area contributed by atoms with E-state index in [-0.39, 0.29) is 0 Å². The zero-order valence-electron chi connectivity index (χ0n) is 11.6. The maximum absolute atomic E-state index is 5.84. The summed E-state index contributed by atoms with van der Waals surface area (Å²) in [7, 11) is 0. The van der Waals surface area contributed by atoms with Crippen LogP contribution >= 0.6 is 11.6 Å². The topological polar surface area (TPSA) is 24.9 Å². The van der Waals surface area contributed by atoms with Gasteiger partial charge < -0.3 is 5.32 Å². The summed E-state index contributed by atoms with van der Waals surface area (Å²) in [5, 5.41) is 4.75. The van der Waals surface area contributed by atoms with E-state index < -0.39 is 0 Å². The van der Waals surface area contributed by atoms with Gasteiger partial charge in [-0.2, -0.15) is 0 Å². The SMILES string of the molecule is CCC(CCCl)CNc1cc(C)nc2ccccc12.